The lowest BCUT2D eigenvalue weighted by molar-refractivity contribution is -0.115. The Balaban J connectivity index is 1.80. The summed E-state index contributed by atoms with van der Waals surface area (Å²) in [6.45, 7) is 4.38. The number of carbonyl (C=O) groups is 3. The summed E-state index contributed by atoms with van der Waals surface area (Å²) in [4.78, 5) is 37.7. The van der Waals surface area contributed by atoms with E-state index in [-0.39, 0.29) is 23.0 Å². The Morgan fingerprint density at radius 2 is 1.93 bits per heavy atom. The first-order chi connectivity index (χ1) is 13.0. The van der Waals surface area contributed by atoms with Crippen LogP contribution in [0.1, 0.15) is 41.0 Å². The minimum atomic E-state index is -0.341. The lowest BCUT2D eigenvalue weighted by Crippen LogP contribution is -2.27. The molecule has 0 aromatic heterocycles. The van der Waals surface area contributed by atoms with Gasteiger partial charge in [-0.05, 0) is 43.7 Å². The van der Waals surface area contributed by atoms with Crippen LogP contribution >= 0.6 is 11.8 Å². The molecule has 0 saturated heterocycles. The van der Waals surface area contributed by atoms with Gasteiger partial charge in [-0.2, -0.15) is 0 Å². The third kappa shape index (κ3) is 4.31. The Morgan fingerprint density at radius 1 is 1.15 bits per heavy atom. The van der Waals surface area contributed by atoms with Gasteiger partial charge >= 0.3 is 0 Å². The summed E-state index contributed by atoms with van der Waals surface area (Å²) in [6, 6.07) is 12.1. The normalized spacial score (nSPS) is 15.5. The van der Waals surface area contributed by atoms with Crippen LogP contribution in [0.2, 0.25) is 0 Å². The summed E-state index contributed by atoms with van der Waals surface area (Å²) in [7, 11) is 0. The predicted octanol–water partition coefficient (Wildman–Crippen LogP) is 3.51. The van der Waals surface area contributed by atoms with Gasteiger partial charge in [0.15, 0.2) is 0 Å². The highest BCUT2D eigenvalue weighted by molar-refractivity contribution is 8.00. The molecule has 27 heavy (non-hydrogen) atoms. The number of nitrogens with one attached hydrogen (secondary N) is 3. The molecule has 0 spiro atoms. The molecule has 2 aromatic carbocycles. The van der Waals surface area contributed by atoms with Gasteiger partial charge in [-0.1, -0.05) is 19.1 Å². The minimum Gasteiger partial charge on any atom is -0.352 e. The first kappa shape index (κ1) is 19.0. The van der Waals surface area contributed by atoms with Gasteiger partial charge < -0.3 is 16.0 Å². The Kier molecular flexibility index (Phi) is 5.81. The lowest BCUT2D eigenvalue weighted by Gasteiger charge is -2.21. The number of rotatable bonds is 5. The van der Waals surface area contributed by atoms with Crippen LogP contribution in [-0.4, -0.2) is 29.5 Å². The molecule has 2 aromatic rings. The van der Waals surface area contributed by atoms with Crippen LogP contribution in [-0.2, 0) is 4.79 Å². The summed E-state index contributed by atoms with van der Waals surface area (Å²) in [5, 5.41) is 8.26. The van der Waals surface area contributed by atoms with Gasteiger partial charge in [0.05, 0.1) is 22.2 Å². The van der Waals surface area contributed by atoms with Crippen molar-refractivity contribution < 1.29 is 14.4 Å². The van der Waals surface area contributed by atoms with E-state index in [0.29, 0.717) is 29.0 Å². The van der Waals surface area contributed by atoms with Crippen LogP contribution in [0.15, 0.2) is 47.4 Å². The Labute approximate surface area is 162 Å². The molecular formula is C20H21N3O3S. The maximum absolute atomic E-state index is 12.7. The van der Waals surface area contributed by atoms with E-state index < -0.39 is 0 Å². The number of thioether (sulfide) groups is 1. The van der Waals surface area contributed by atoms with Crippen molar-refractivity contribution in [2.75, 3.05) is 17.2 Å². The number of hydrogen-bond acceptors (Lipinski definition) is 4. The molecule has 3 N–H and O–H groups in total. The summed E-state index contributed by atoms with van der Waals surface area (Å²) in [5.41, 5.74) is 1.90. The average Bonchev–Trinajstić information content (AvgIpc) is 2.67. The number of amides is 3. The molecule has 0 bridgehead atoms. The fourth-order valence-corrected chi connectivity index (χ4v) is 3.60. The number of carbonyl (C=O) groups excluding carboxylic acids is 3. The highest BCUT2D eigenvalue weighted by Crippen LogP contribution is 2.36. The smallest absolute Gasteiger partial charge is 0.255 e. The first-order valence-electron chi connectivity index (χ1n) is 8.79. The van der Waals surface area contributed by atoms with E-state index >= 15 is 0 Å². The Hall–Kier alpha value is -2.80. The van der Waals surface area contributed by atoms with Crippen molar-refractivity contribution in [3.63, 3.8) is 0 Å². The molecular weight excluding hydrogens is 362 g/mol. The maximum atomic E-state index is 12.7. The molecule has 1 atom stereocenters. The molecule has 1 aliphatic rings. The van der Waals surface area contributed by atoms with Gasteiger partial charge in [-0.25, -0.2) is 0 Å². The van der Waals surface area contributed by atoms with Gasteiger partial charge in [0.2, 0.25) is 5.91 Å². The van der Waals surface area contributed by atoms with Gasteiger partial charge in [0.1, 0.15) is 0 Å². The topological polar surface area (TPSA) is 87.3 Å². The fraction of sp³-hybridized carbons (Fsp3) is 0.250. The van der Waals surface area contributed by atoms with Crippen molar-refractivity contribution >= 4 is 40.9 Å². The minimum absolute atomic E-state index is 0.0806. The van der Waals surface area contributed by atoms with Crippen LogP contribution in [0, 0.1) is 0 Å². The molecule has 140 valence electrons. The van der Waals surface area contributed by atoms with Crippen LogP contribution in [0.25, 0.3) is 0 Å². The number of para-hydroxylation sites is 1. The lowest BCUT2D eigenvalue weighted by atomic mass is 10.1. The highest BCUT2D eigenvalue weighted by Gasteiger charge is 2.24. The predicted molar refractivity (Wildman–Crippen MR) is 107 cm³/mol. The second-order valence-corrected chi connectivity index (χ2v) is 7.60. The molecule has 0 unspecified atom stereocenters. The molecule has 0 radical (unpaired) electrons. The molecule has 6 nitrogen and oxygen atoms in total. The van der Waals surface area contributed by atoms with E-state index in [4.69, 9.17) is 0 Å². The summed E-state index contributed by atoms with van der Waals surface area (Å²) in [6.07, 6.45) is 0.831. The zero-order valence-corrected chi connectivity index (χ0v) is 16.0. The Morgan fingerprint density at radius 3 is 2.70 bits per heavy atom. The van der Waals surface area contributed by atoms with E-state index in [2.05, 4.69) is 16.0 Å². The van der Waals surface area contributed by atoms with E-state index in [0.717, 1.165) is 11.3 Å². The van der Waals surface area contributed by atoms with Crippen molar-refractivity contribution in [1.29, 1.82) is 0 Å². The summed E-state index contributed by atoms with van der Waals surface area (Å²) >= 11 is 1.46. The number of benzene rings is 2. The average molecular weight is 383 g/mol. The van der Waals surface area contributed by atoms with Crippen LogP contribution in [0.3, 0.4) is 0 Å². The van der Waals surface area contributed by atoms with Crippen molar-refractivity contribution in [3.05, 3.63) is 53.6 Å². The van der Waals surface area contributed by atoms with Crippen molar-refractivity contribution in [3.8, 4) is 0 Å². The molecule has 0 saturated carbocycles. The van der Waals surface area contributed by atoms with Crippen LogP contribution in [0.5, 0.6) is 0 Å². The second-order valence-electron chi connectivity index (χ2n) is 6.22. The molecule has 1 heterocycles. The highest BCUT2D eigenvalue weighted by atomic mass is 32.2. The molecule has 0 aliphatic carbocycles. The monoisotopic (exact) mass is 383 g/mol. The molecule has 7 heteroatoms. The van der Waals surface area contributed by atoms with Crippen LogP contribution < -0.4 is 16.0 Å². The largest absolute Gasteiger partial charge is 0.352 e. The maximum Gasteiger partial charge on any atom is 0.255 e. The number of anilines is 2. The fourth-order valence-electron chi connectivity index (χ4n) is 2.67. The van der Waals surface area contributed by atoms with Gasteiger partial charge in [-0.15, -0.1) is 11.8 Å². The summed E-state index contributed by atoms with van der Waals surface area (Å²) < 4.78 is 0. The zero-order chi connectivity index (χ0) is 19.4. The molecule has 1 aliphatic heterocycles. The number of fused-ring (bicyclic) bond motifs is 1. The van der Waals surface area contributed by atoms with E-state index in [1.807, 2.05) is 19.9 Å². The first-order valence-corrected chi connectivity index (χ1v) is 9.67. The van der Waals surface area contributed by atoms with Gasteiger partial charge in [0, 0.05) is 17.0 Å². The SMILES string of the molecule is CCCNC(=O)c1ccccc1NC(=O)c1ccc2c(c1)NC(=O)[C@@H](C)S2. The molecule has 3 rings (SSSR count). The van der Waals surface area contributed by atoms with Crippen molar-refractivity contribution in [2.24, 2.45) is 0 Å². The second kappa shape index (κ2) is 8.26. The quantitative estimate of drug-likeness (QED) is 0.737. The third-order valence-corrected chi connectivity index (χ3v) is 5.31. The van der Waals surface area contributed by atoms with E-state index in [9.17, 15) is 14.4 Å². The Bertz CT molecular complexity index is 898. The summed E-state index contributed by atoms with van der Waals surface area (Å²) in [5.74, 6) is -0.648. The van der Waals surface area contributed by atoms with Crippen molar-refractivity contribution in [1.82, 2.24) is 5.32 Å². The molecule has 3 amide bonds. The van der Waals surface area contributed by atoms with Gasteiger partial charge in [0.25, 0.3) is 11.8 Å². The van der Waals surface area contributed by atoms with E-state index in [1.165, 1.54) is 11.8 Å². The van der Waals surface area contributed by atoms with E-state index in [1.54, 1.807) is 36.4 Å². The third-order valence-electron chi connectivity index (χ3n) is 4.13. The molecule has 0 fully saturated rings. The van der Waals surface area contributed by atoms with Gasteiger partial charge in [-0.3, -0.25) is 14.4 Å². The zero-order valence-electron chi connectivity index (χ0n) is 15.2. The van der Waals surface area contributed by atoms with Crippen molar-refractivity contribution in [2.45, 2.75) is 30.4 Å². The number of hydrogen-bond donors (Lipinski definition) is 3. The van der Waals surface area contributed by atoms with Crippen LogP contribution in [0.4, 0.5) is 11.4 Å². The standard InChI is InChI=1S/C20H21N3O3S/c1-3-10-21-20(26)14-6-4-5-7-15(14)22-19(25)13-8-9-17-16(11-13)23-18(24)12(2)27-17/h4-9,11-12H,3,10H2,1-2H3,(H,21,26)(H,22,25)(H,23,24)/t12-/m1/s1.